The number of nitrogens with one attached hydrogen (secondary N) is 2. The quantitative estimate of drug-likeness (QED) is 0.199. The highest BCUT2D eigenvalue weighted by molar-refractivity contribution is 5.94. The van der Waals surface area contributed by atoms with E-state index in [9.17, 15) is 9.50 Å². The van der Waals surface area contributed by atoms with Crippen LogP contribution in [0, 0.1) is 11.2 Å². The van der Waals surface area contributed by atoms with Gasteiger partial charge >= 0.3 is 0 Å². The van der Waals surface area contributed by atoms with Gasteiger partial charge in [0.15, 0.2) is 0 Å². The molecule has 2 saturated heterocycles. The fourth-order valence-electron chi connectivity index (χ4n) is 6.06. The molecule has 0 aliphatic carbocycles. The van der Waals surface area contributed by atoms with Crippen molar-refractivity contribution in [2.24, 2.45) is 0 Å². The van der Waals surface area contributed by atoms with E-state index < -0.39 is 0 Å². The van der Waals surface area contributed by atoms with E-state index in [1.807, 2.05) is 42.6 Å². The predicted octanol–water partition coefficient (Wildman–Crippen LogP) is 5.89. The maximum Gasteiger partial charge on any atom is 0.130 e. The Labute approximate surface area is 245 Å². The van der Waals surface area contributed by atoms with Gasteiger partial charge in [0.05, 0.1) is 29.4 Å². The van der Waals surface area contributed by atoms with Gasteiger partial charge in [-0.3, -0.25) is 5.41 Å². The van der Waals surface area contributed by atoms with Crippen molar-refractivity contribution in [3.05, 3.63) is 90.3 Å². The van der Waals surface area contributed by atoms with Crippen molar-refractivity contribution in [2.45, 2.75) is 50.7 Å². The summed E-state index contributed by atoms with van der Waals surface area (Å²) in [6.45, 7) is 4.49. The van der Waals surface area contributed by atoms with Crippen LogP contribution in [0.4, 0.5) is 10.2 Å². The van der Waals surface area contributed by atoms with Gasteiger partial charge in [-0.25, -0.2) is 19.3 Å². The van der Waals surface area contributed by atoms with Crippen molar-refractivity contribution in [2.75, 3.05) is 24.5 Å². The molecule has 2 aliphatic rings. The number of H-pyrrole nitrogens is 1. The zero-order chi connectivity index (χ0) is 29.1. The SMILES string of the molecule is CC1[C@@H](c2cccc(F)c2)CCCN1C(=N)/C=C\c1ncc(-c2cccc(-c3ccnc(N4CCC(O)CC4)c3)n2)[nH]1. The molecule has 6 rings (SSSR count). The van der Waals surface area contributed by atoms with Gasteiger partial charge in [-0.1, -0.05) is 18.2 Å². The van der Waals surface area contributed by atoms with E-state index in [1.54, 1.807) is 24.4 Å². The molecular formula is C33H36FN7O. The van der Waals surface area contributed by atoms with Crippen molar-refractivity contribution < 1.29 is 9.50 Å². The highest BCUT2D eigenvalue weighted by Crippen LogP contribution is 2.33. The molecule has 9 heteroatoms. The van der Waals surface area contributed by atoms with Crippen molar-refractivity contribution in [1.82, 2.24) is 24.8 Å². The van der Waals surface area contributed by atoms with E-state index in [-0.39, 0.29) is 23.9 Å². The van der Waals surface area contributed by atoms with Crippen LogP contribution < -0.4 is 4.90 Å². The van der Waals surface area contributed by atoms with E-state index >= 15 is 0 Å². The average molecular weight is 566 g/mol. The molecule has 2 fully saturated rings. The van der Waals surface area contributed by atoms with Crippen molar-refractivity contribution in [3.63, 3.8) is 0 Å². The number of aromatic nitrogens is 4. The standard InChI is InChI=1S/C33H36FN7O/c1-22-27(23-5-2-6-25(34)19-23)7-4-16-41(22)31(35)10-11-32-37-21-30(39-32)29-9-3-8-28(38-29)24-12-15-36-33(20-24)40-17-13-26(42)14-18-40/h2-3,5-6,8-12,15,19-22,26-27,35,42H,4,7,13-14,16-18H2,1H3,(H,37,39)/b11-10-,35-31?/t22?,27-/m0/s1. The Morgan fingerprint density at radius 1 is 1.02 bits per heavy atom. The molecule has 0 bridgehead atoms. The number of aliphatic hydroxyl groups is 1. The smallest absolute Gasteiger partial charge is 0.130 e. The highest BCUT2D eigenvalue weighted by atomic mass is 19.1. The summed E-state index contributed by atoms with van der Waals surface area (Å²) in [5.74, 6) is 1.92. The number of halogens is 1. The molecule has 0 radical (unpaired) electrons. The number of pyridine rings is 2. The summed E-state index contributed by atoms with van der Waals surface area (Å²) in [4.78, 5) is 21.6. The topological polar surface area (TPSA) is 105 Å². The fraction of sp³-hybridized carbons (Fsp3) is 0.333. The molecule has 8 nitrogen and oxygen atoms in total. The Hall–Kier alpha value is -4.37. The first-order valence-corrected chi connectivity index (χ1v) is 14.7. The number of nitrogens with zero attached hydrogens (tertiary/aromatic N) is 5. The monoisotopic (exact) mass is 565 g/mol. The van der Waals surface area contributed by atoms with Crippen molar-refractivity contribution >= 4 is 17.7 Å². The number of amidine groups is 1. The average Bonchev–Trinajstić information content (AvgIpc) is 3.50. The lowest BCUT2D eigenvalue weighted by Crippen LogP contribution is -2.45. The number of hydrogen-bond donors (Lipinski definition) is 3. The lowest BCUT2D eigenvalue weighted by molar-refractivity contribution is 0.145. The summed E-state index contributed by atoms with van der Waals surface area (Å²) in [5.41, 5.74) is 4.38. The molecule has 1 aromatic carbocycles. The van der Waals surface area contributed by atoms with Gasteiger partial charge < -0.3 is 19.9 Å². The van der Waals surface area contributed by atoms with Crippen LogP contribution in [0.2, 0.25) is 0 Å². The largest absolute Gasteiger partial charge is 0.393 e. The zero-order valence-electron chi connectivity index (χ0n) is 23.7. The van der Waals surface area contributed by atoms with Gasteiger partial charge in [-0.05, 0) is 86.7 Å². The number of aliphatic hydroxyl groups excluding tert-OH is 1. The Morgan fingerprint density at radius 3 is 2.67 bits per heavy atom. The third-order valence-electron chi connectivity index (χ3n) is 8.42. The lowest BCUT2D eigenvalue weighted by Gasteiger charge is -2.40. The molecule has 4 aromatic rings. The van der Waals surface area contributed by atoms with Crippen LogP contribution in [0.3, 0.4) is 0 Å². The number of likely N-dealkylation sites (tertiary alicyclic amines) is 1. The second-order valence-electron chi connectivity index (χ2n) is 11.2. The summed E-state index contributed by atoms with van der Waals surface area (Å²) >= 11 is 0. The second-order valence-corrected chi connectivity index (χ2v) is 11.2. The van der Waals surface area contributed by atoms with Gasteiger partial charge in [-0.15, -0.1) is 0 Å². The molecule has 42 heavy (non-hydrogen) atoms. The molecule has 1 unspecified atom stereocenters. The number of hydrogen-bond acceptors (Lipinski definition) is 6. The number of rotatable bonds is 6. The molecular weight excluding hydrogens is 529 g/mol. The number of piperidine rings is 2. The summed E-state index contributed by atoms with van der Waals surface area (Å²) in [6, 6.07) is 16.8. The molecule has 216 valence electrons. The summed E-state index contributed by atoms with van der Waals surface area (Å²) in [7, 11) is 0. The Kier molecular flexibility index (Phi) is 8.10. The normalized spacial score (nSPS) is 19.9. The second kappa shape index (κ2) is 12.2. The maximum atomic E-state index is 13.9. The Balaban J connectivity index is 1.14. The van der Waals surface area contributed by atoms with Crippen LogP contribution in [-0.2, 0) is 0 Å². The van der Waals surface area contributed by atoms with E-state index in [0.29, 0.717) is 11.7 Å². The van der Waals surface area contributed by atoms with E-state index in [1.165, 1.54) is 6.07 Å². The van der Waals surface area contributed by atoms with E-state index in [2.05, 4.69) is 37.7 Å². The van der Waals surface area contributed by atoms with Gasteiger partial charge in [0.2, 0.25) is 0 Å². The van der Waals surface area contributed by atoms with Crippen LogP contribution in [-0.4, -0.2) is 67.6 Å². The summed E-state index contributed by atoms with van der Waals surface area (Å²) < 4.78 is 13.9. The third kappa shape index (κ3) is 6.11. The predicted molar refractivity (Wildman–Crippen MR) is 164 cm³/mol. The minimum atomic E-state index is -0.227. The van der Waals surface area contributed by atoms with Gasteiger partial charge in [0, 0.05) is 43.4 Å². The summed E-state index contributed by atoms with van der Waals surface area (Å²) in [5, 5.41) is 18.6. The third-order valence-corrected chi connectivity index (χ3v) is 8.42. The Morgan fingerprint density at radius 2 is 1.83 bits per heavy atom. The zero-order valence-corrected chi connectivity index (χ0v) is 23.7. The van der Waals surface area contributed by atoms with Crippen LogP contribution >= 0.6 is 0 Å². The molecule has 5 heterocycles. The van der Waals surface area contributed by atoms with E-state index in [0.717, 1.165) is 79.3 Å². The van der Waals surface area contributed by atoms with Crippen LogP contribution in [0.15, 0.2) is 73.1 Å². The lowest BCUT2D eigenvalue weighted by atomic mass is 9.84. The first-order valence-electron chi connectivity index (χ1n) is 14.7. The number of anilines is 1. The van der Waals surface area contributed by atoms with Crippen molar-refractivity contribution in [3.8, 4) is 22.6 Å². The van der Waals surface area contributed by atoms with Crippen LogP contribution in [0.5, 0.6) is 0 Å². The molecule has 0 saturated carbocycles. The highest BCUT2D eigenvalue weighted by Gasteiger charge is 2.30. The number of aromatic amines is 1. The van der Waals surface area contributed by atoms with Crippen LogP contribution in [0.1, 0.15) is 49.9 Å². The molecule has 3 N–H and O–H groups in total. The van der Waals surface area contributed by atoms with Crippen LogP contribution in [0.25, 0.3) is 28.7 Å². The number of imidazole rings is 1. The van der Waals surface area contributed by atoms with Crippen molar-refractivity contribution in [1.29, 1.82) is 5.41 Å². The molecule has 3 aromatic heterocycles. The van der Waals surface area contributed by atoms with Gasteiger partial charge in [-0.2, -0.15) is 0 Å². The molecule has 2 aliphatic heterocycles. The minimum absolute atomic E-state index is 0.0898. The first kappa shape index (κ1) is 27.8. The minimum Gasteiger partial charge on any atom is -0.393 e. The Bertz CT molecular complexity index is 1580. The first-order chi connectivity index (χ1) is 20.4. The van der Waals surface area contributed by atoms with Gasteiger partial charge in [0.1, 0.15) is 23.3 Å². The van der Waals surface area contributed by atoms with E-state index in [4.69, 9.17) is 10.4 Å². The maximum absolute atomic E-state index is 13.9. The molecule has 2 atom stereocenters. The number of benzene rings is 1. The molecule has 0 amide bonds. The molecule has 0 spiro atoms. The summed E-state index contributed by atoms with van der Waals surface area (Å²) in [6.07, 6.45) is 10.4. The van der Waals surface area contributed by atoms with Gasteiger partial charge in [0.25, 0.3) is 0 Å². The fourth-order valence-corrected chi connectivity index (χ4v) is 6.06.